The predicted molar refractivity (Wildman–Crippen MR) is 109 cm³/mol. The number of pyridine rings is 1. The lowest BCUT2D eigenvalue weighted by atomic mass is 10.2. The van der Waals surface area contributed by atoms with Gasteiger partial charge in [-0.15, -0.1) is 0 Å². The molecule has 0 saturated carbocycles. The third-order valence-electron chi connectivity index (χ3n) is 5.11. The van der Waals surface area contributed by atoms with E-state index in [0.717, 1.165) is 35.5 Å². The summed E-state index contributed by atoms with van der Waals surface area (Å²) < 4.78 is 7.00. The number of hydrogen-bond acceptors (Lipinski definition) is 5. The first-order chi connectivity index (χ1) is 13.6. The highest BCUT2D eigenvalue weighted by Gasteiger charge is 2.23. The van der Waals surface area contributed by atoms with Gasteiger partial charge in [0.05, 0.1) is 17.8 Å². The Balaban J connectivity index is 1.41. The smallest absolute Gasteiger partial charge is 0.244 e. The van der Waals surface area contributed by atoms with Crippen LogP contribution in [0.25, 0.3) is 11.0 Å². The molecule has 1 fully saturated rings. The van der Waals surface area contributed by atoms with Gasteiger partial charge in [-0.1, -0.05) is 11.6 Å². The SMILES string of the molecule is COc1cc(N2CCN(C(=O)Cn3nc(C)c4cccnc43)CC2)ccc1Cl. The van der Waals surface area contributed by atoms with Crippen LogP contribution in [0.2, 0.25) is 5.02 Å². The number of methoxy groups -OCH3 is 1. The Morgan fingerprint density at radius 2 is 2.00 bits per heavy atom. The standard InChI is InChI=1S/C20H22ClN5O2/c1-14-16-4-3-7-22-20(16)26(23-14)13-19(27)25-10-8-24(9-11-25)15-5-6-17(21)18(12-15)28-2/h3-7,12H,8-11,13H2,1-2H3. The molecule has 0 aliphatic carbocycles. The van der Waals surface area contributed by atoms with Crippen LogP contribution in [0.4, 0.5) is 5.69 Å². The Morgan fingerprint density at radius 1 is 1.21 bits per heavy atom. The number of aromatic nitrogens is 3. The number of rotatable bonds is 4. The second kappa shape index (κ2) is 7.67. The van der Waals surface area contributed by atoms with Gasteiger partial charge in [0.15, 0.2) is 5.65 Å². The molecular weight excluding hydrogens is 378 g/mol. The zero-order valence-electron chi connectivity index (χ0n) is 15.9. The van der Waals surface area contributed by atoms with E-state index in [1.807, 2.05) is 42.2 Å². The molecule has 28 heavy (non-hydrogen) atoms. The van der Waals surface area contributed by atoms with Gasteiger partial charge in [0.1, 0.15) is 12.3 Å². The molecule has 4 rings (SSSR count). The molecule has 1 aliphatic heterocycles. The molecule has 7 nitrogen and oxygen atoms in total. The van der Waals surface area contributed by atoms with E-state index in [-0.39, 0.29) is 12.5 Å². The van der Waals surface area contributed by atoms with Crippen LogP contribution in [0.5, 0.6) is 5.75 Å². The van der Waals surface area contributed by atoms with E-state index >= 15 is 0 Å². The molecule has 1 aliphatic rings. The number of piperazine rings is 1. The van der Waals surface area contributed by atoms with E-state index in [0.29, 0.717) is 23.9 Å². The molecule has 8 heteroatoms. The number of hydrogen-bond donors (Lipinski definition) is 0. The first-order valence-electron chi connectivity index (χ1n) is 9.21. The summed E-state index contributed by atoms with van der Waals surface area (Å²) in [4.78, 5) is 21.3. The van der Waals surface area contributed by atoms with Gasteiger partial charge in [-0.25, -0.2) is 9.67 Å². The van der Waals surface area contributed by atoms with E-state index in [2.05, 4.69) is 15.0 Å². The highest BCUT2D eigenvalue weighted by atomic mass is 35.5. The summed E-state index contributed by atoms with van der Waals surface area (Å²) in [6.07, 6.45) is 1.73. The van der Waals surface area contributed by atoms with Crippen LogP contribution in [-0.2, 0) is 11.3 Å². The molecule has 0 N–H and O–H groups in total. The van der Waals surface area contributed by atoms with Crippen LogP contribution in [0.15, 0.2) is 36.5 Å². The Labute approximate surface area is 168 Å². The van der Waals surface area contributed by atoms with Gasteiger partial charge in [0.2, 0.25) is 5.91 Å². The lowest BCUT2D eigenvalue weighted by molar-refractivity contribution is -0.132. The molecule has 1 aromatic carbocycles. The number of nitrogens with zero attached hydrogens (tertiary/aromatic N) is 5. The van der Waals surface area contributed by atoms with Gasteiger partial charge in [-0.05, 0) is 31.2 Å². The summed E-state index contributed by atoms with van der Waals surface area (Å²) in [5.41, 5.74) is 2.68. The zero-order valence-corrected chi connectivity index (χ0v) is 16.7. The Morgan fingerprint density at radius 3 is 2.75 bits per heavy atom. The maximum atomic E-state index is 12.8. The number of benzene rings is 1. The molecule has 0 bridgehead atoms. The van der Waals surface area contributed by atoms with Gasteiger partial charge >= 0.3 is 0 Å². The number of ether oxygens (including phenoxy) is 1. The van der Waals surface area contributed by atoms with Crippen molar-refractivity contribution in [2.24, 2.45) is 0 Å². The van der Waals surface area contributed by atoms with Crippen LogP contribution < -0.4 is 9.64 Å². The average molecular weight is 400 g/mol. The van der Waals surface area contributed by atoms with Gasteiger partial charge in [0.25, 0.3) is 0 Å². The van der Waals surface area contributed by atoms with E-state index in [1.165, 1.54) is 0 Å². The number of carbonyl (C=O) groups is 1. The second-order valence-corrected chi connectivity index (χ2v) is 7.21. The first-order valence-corrected chi connectivity index (χ1v) is 9.59. The van der Waals surface area contributed by atoms with Gasteiger partial charge in [-0.2, -0.15) is 5.10 Å². The summed E-state index contributed by atoms with van der Waals surface area (Å²) in [7, 11) is 1.61. The molecule has 2 aromatic heterocycles. The zero-order chi connectivity index (χ0) is 19.7. The number of amides is 1. The minimum absolute atomic E-state index is 0.0587. The lowest BCUT2D eigenvalue weighted by Gasteiger charge is -2.36. The normalized spacial score (nSPS) is 14.5. The molecule has 0 unspecified atom stereocenters. The molecule has 146 valence electrons. The number of carbonyl (C=O) groups excluding carboxylic acids is 1. The molecule has 0 radical (unpaired) electrons. The lowest BCUT2D eigenvalue weighted by Crippen LogP contribution is -2.49. The maximum absolute atomic E-state index is 12.8. The topological polar surface area (TPSA) is 63.5 Å². The Kier molecular flexibility index (Phi) is 5.09. The summed E-state index contributed by atoms with van der Waals surface area (Å²) in [5.74, 6) is 0.717. The minimum atomic E-state index is 0.0587. The summed E-state index contributed by atoms with van der Waals surface area (Å²) in [5, 5.41) is 6.06. The highest BCUT2D eigenvalue weighted by Crippen LogP contribution is 2.29. The van der Waals surface area contributed by atoms with Crippen molar-refractivity contribution in [1.82, 2.24) is 19.7 Å². The van der Waals surface area contributed by atoms with E-state index < -0.39 is 0 Å². The van der Waals surface area contributed by atoms with E-state index in [1.54, 1.807) is 18.0 Å². The molecule has 3 heterocycles. The summed E-state index contributed by atoms with van der Waals surface area (Å²) in [6, 6.07) is 9.61. The van der Waals surface area contributed by atoms with Crippen molar-refractivity contribution in [2.45, 2.75) is 13.5 Å². The van der Waals surface area contributed by atoms with Crippen molar-refractivity contribution >= 4 is 34.2 Å². The number of aryl methyl sites for hydroxylation is 1. The van der Waals surface area contributed by atoms with Crippen molar-refractivity contribution < 1.29 is 9.53 Å². The second-order valence-electron chi connectivity index (χ2n) is 6.80. The van der Waals surface area contributed by atoms with Crippen LogP contribution in [0.3, 0.4) is 0 Å². The summed E-state index contributed by atoms with van der Waals surface area (Å²) >= 11 is 6.11. The minimum Gasteiger partial charge on any atom is -0.495 e. The van der Waals surface area contributed by atoms with Gasteiger partial charge in [-0.3, -0.25) is 4.79 Å². The highest BCUT2D eigenvalue weighted by molar-refractivity contribution is 6.32. The molecule has 0 atom stereocenters. The quantitative estimate of drug-likeness (QED) is 0.675. The fourth-order valence-corrected chi connectivity index (χ4v) is 3.76. The van der Waals surface area contributed by atoms with Crippen LogP contribution in [0.1, 0.15) is 5.69 Å². The number of halogens is 1. The van der Waals surface area contributed by atoms with Crippen molar-refractivity contribution in [3.63, 3.8) is 0 Å². The summed E-state index contributed by atoms with van der Waals surface area (Å²) in [6.45, 7) is 4.98. The third-order valence-corrected chi connectivity index (χ3v) is 5.42. The largest absolute Gasteiger partial charge is 0.495 e. The van der Waals surface area contributed by atoms with E-state index in [9.17, 15) is 4.79 Å². The molecule has 1 amide bonds. The monoisotopic (exact) mass is 399 g/mol. The van der Waals surface area contributed by atoms with Crippen molar-refractivity contribution in [1.29, 1.82) is 0 Å². The van der Waals surface area contributed by atoms with Crippen molar-refractivity contribution in [2.75, 3.05) is 38.2 Å². The van der Waals surface area contributed by atoms with E-state index in [4.69, 9.17) is 16.3 Å². The van der Waals surface area contributed by atoms with Crippen LogP contribution in [0, 0.1) is 6.92 Å². The fraction of sp³-hybridized carbons (Fsp3) is 0.350. The van der Waals surface area contributed by atoms with Crippen LogP contribution >= 0.6 is 11.6 Å². The van der Waals surface area contributed by atoms with Gasteiger partial charge in [0, 0.05) is 49.5 Å². The Bertz CT molecular complexity index is 1010. The first kappa shape index (κ1) is 18.6. The molecule has 3 aromatic rings. The molecular formula is C20H22ClN5O2. The molecule has 1 saturated heterocycles. The Hall–Kier alpha value is -2.80. The number of anilines is 1. The molecule has 0 spiro atoms. The number of fused-ring (bicyclic) bond motifs is 1. The third kappa shape index (κ3) is 3.49. The predicted octanol–water partition coefficient (Wildman–Crippen LogP) is 2.75. The fourth-order valence-electron chi connectivity index (χ4n) is 3.56. The maximum Gasteiger partial charge on any atom is 0.244 e. The van der Waals surface area contributed by atoms with Crippen molar-refractivity contribution in [3.05, 3.63) is 47.2 Å². The van der Waals surface area contributed by atoms with Gasteiger partial charge < -0.3 is 14.5 Å². The average Bonchev–Trinajstić information content (AvgIpc) is 3.04. The van der Waals surface area contributed by atoms with Crippen molar-refractivity contribution in [3.8, 4) is 5.75 Å². The van der Waals surface area contributed by atoms with Crippen LogP contribution in [-0.4, -0.2) is 58.9 Å².